The molecular weight excluding hydrogens is 238 g/mol. The summed E-state index contributed by atoms with van der Waals surface area (Å²) in [7, 11) is 1.80. The molecular formula is C12H14F2N4. The Kier molecular flexibility index (Phi) is 3.99. The predicted octanol–water partition coefficient (Wildman–Crippen LogP) is 1.43. The standard InChI is InChI=1S/C12H14F2N4/c1-18-8-16-12(17-18)4-5-15-7-9-6-10(13)2-3-11(9)14/h2-3,6,8,15H,4-5,7H2,1H3. The molecule has 1 N–H and O–H groups in total. The molecule has 4 nitrogen and oxygen atoms in total. The van der Waals surface area contributed by atoms with Gasteiger partial charge in [-0.3, -0.25) is 4.68 Å². The Labute approximate surface area is 104 Å². The number of aromatic nitrogens is 3. The molecule has 96 valence electrons. The molecule has 1 aromatic heterocycles. The molecule has 0 saturated carbocycles. The van der Waals surface area contributed by atoms with Crippen LogP contribution >= 0.6 is 0 Å². The lowest BCUT2D eigenvalue weighted by atomic mass is 10.2. The van der Waals surface area contributed by atoms with Crippen LogP contribution in [0.2, 0.25) is 0 Å². The molecule has 0 radical (unpaired) electrons. The fraction of sp³-hybridized carbons (Fsp3) is 0.333. The van der Waals surface area contributed by atoms with Crippen molar-refractivity contribution < 1.29 is 8.78 Å². The van der Waals surface area contributed by atoms with Crippen LogP contribution in [0.5, 0.6) is 0 Å². The molecule has 6 heteroatoms. The number of nitrogens with one attached hydrogen (secondary N) is 1. The van der Waals surface area contributed by atoms with Crippen LogP contribution in [0.1, 0.15) is 11.4 Å². The van der Waals surface area contributed by atoms with Crippen molar-refractivity contribution >= 4 is 0 Å². The lowest BCUT2D eigenvalue weighted by Crippen LogP contribution is -2.18. The number of hydrogen-bond acceptors (Lipinski definition) is 3. The molecule has 0 amide bonds. The van der Waals surface area contributed by atoms with Gasteiger partial charge in [-0.2, -0.15) is 5.10 Å². The van der Waals surface area contributed by atoms with Gasteiger partial charge in [-0.25, -0.2) is 13.8 Å². The minimum atomic E-state index is -0.431. The Morgan fingerprint density at radius 3 is 2.89 bits per heavy atom. The van der Waals surface area contributed by atoms with Crippen molar-refractivity contribution in [2.75, 3.05) is 6.54 Å². The lowest BCUT2D eigenvalue weighted by Gasteiger charge is -2.05. The molecule has 0 aliphatic carbocycles. The van der Waals surface area contributed by atoms with Crippen molar-refractivity contribution in [3.05, 3.63) is 47.5 Å². The van der Waals surface area contributed by atoms with E-state index in [-0.39, 0.29) is 6.54 Å². The van der Waals surface area contributed by atoms with E-state index in [2.05, 4.69) is 15.4 Å². The molecule has 18 heavy (non-hydrogen) atoms. The van der Waals surface area contributed by atoms with Gasteiger partial charge in [0.1, 0.15) is 18.0 Å². The van der Waals surface area contributed by atoms with Crippen LogP contribution < -0.4 is 5.32 Å². The zero-order chi connectivity index (χ0) is 13.0. The van der Waals surface area contributed by atoms with E-state index in [4.69, 9.17) is 0 Å². The normalized spacial score (nSPS) is 10.8. The van der Waals surface area contributed by atoms with Crippen molar-refractivity contribution in [3.8, 4) is 0 Å². The maximum atomic E-state index is 13.3. The van der Waals surface area contributed by atoms with E-state index in [1.54, 1.807) is 18.1 Å². The fourth-order valence-electron chi connectivity index (χ4n) is 1.60. The Morgan fingerprint density at radius 1 is 1.33 bits per heavy atom. The summed E-state index contributed by atoms with van der Waals surface area (Å²) in [4.78, 5) is 4.07. The molecule has 1 heterocycles. The smallest absolute Gasteiger partial charge is 0.151 e. The third kappa shape index (κ3) is 3.33. The minimum absolute atomic E-state index is 0.288. The molecule has 0 aliphatic rings. The van der Waals surface area contributed by atoms with Crippen molar-refractivity contribution in [1.82, 2.24) is 20.1 Å². The molecule has 0 bridgehead atoms. The largest absolute Gasteiger partial charge is 0.312 e. The van der Waals surface area contributed by atoms with Crippen LogP contribution in [0.3, 0.4) is 0 Å². The summed E-state index contributed by atoms with van der Waals surface area (Å²) in [5, 5.41) is 7.15. The van der Waals surface area contributed by atoms with Crippen molar-refractivity contribution in [1.29, 1.82) is 0 Å². The highest BCUT2D eigenvalue weighted by atomic mass is 19.1. The van der Waals surface area contributed by atoms with Crippen LogP contribution in [0.25, 0.3) is 0 Å². The summed E-state index contributed by atoms with van der Waals surface area (Å²) < 4.78 is 27.8. The molecule has 0 aliphatic heterocycles. The first-order valence-electron chi connectivity index (χ1n) is 5.64. The van der Waals surface area contributed by atoms with Gasteiger partial charge in [0.25, 0.3) is 0 Å². The van der Waals surface area contributed by atoms with Crippen molar-refractivity contribution in [3.63, 3.8) is 0 Å². The third-order valence-corrected chi connectivity index (χ3v) is 2.50. The summed E-state index contributed by atoms with van der Waals surface area (Å²) in [6.45, 7) is 0.899. The van der Waals surface area contributed by atoms with Gasteiger partial charge in [-0.05, 0) is 18.2 Å². The quantitative estimate of drug-likeness (QED) is 0.818. The highest BCUT2D eigenvalue weighted by molar-refractivity contribution is 5.18. The summed E-state index contributed by atoms with van der Waals surface area (Å²) >= 11 is 0. The van der Waals surface area contributed by atoms with E-state index >= 15 is 0 Å². The van der Waals surface area contributed by atoms with Crippen LogP contribution in [-0.4, -0.2) is 21.3 Å². The average Bonchev–Trinajstić information content (AvgIpc) is 2.75. The molecule has 2 aromatic rings. The fourth-order valence-corrected chi connectivity index (χ4v) is 1.60. The van der Waals surface area contributed by atoms with E-state index in [1.807, 2.05) is 0 Å². The summed E-state index contributed by atoms with van der Waals surface area (Å²) in [6.07, 6.45) is 2.28. The van der Waals surface area contributed by atoms with E-state index in [0.717, 1.165) is 18.0 Å². The Bertz CT molecular complexity index is 525. The molecule has 2 rings (SSSR count). The number of benzene rings is 1. The molecule has 1 aromatic carbocycles. The highest BCUT2D eigenvalue weighted by Crippen LogP contribution is 2.08. The Balaban J connectivity index is 1.80. The summed E-state index contributed by atoms with van der Waals surface area (Å²) in [5.41, 5.74) is 0.323. The van der Waals surface area contributed by atoms with Gasteiger partial charge in [0, 0.05) is 32.1 Å². The second-order valence-corrected chi connectivity index (χ2v) is 4.00. The van der Waals surface area contributed by atoms with Gasteiger partial charge in [0.05, 0.1) is 0 Å². The maximum Gasteiger partial charge on any atom is 0.151 e. The average molecular weight is 252 g/mol. The van der Waals surface area contributed by atoms with Crippen molar-refractivity contribution in [2.45, 2.75) is 13.0 Å². The zero-order valence-electron chi connectivity index (χ0n) is 10.0. The number of rotatable bonds is 5. The van der Waals surface area contributed by atoms with Gasteiger partial charge in [-0.15, -0.1) is 0 Å². The van der Waals surface area contributed by atoms with Gasteiger partial charge in [0.15, 0.2) is 5.82 Å². The van der Waals surface area contributed by atoms with Gasteiger partial charge < -0.3 is 5.32 Å². The van der Waals surface area contributed by atoms with Crippen LogP contribution in [0.15, 0.2) is 24.5 Å². The highest BCUT2D eigenvalue weighted by Gasteiger charge is 2.04. The van der Waals surface area contributed by atoms with Gasteiger partial charge in [0.2, 0.25) is 0 Å². The first kappa shape index (κ1) is 12.6. The molecule has 0 atom stereocenters. The second-order valence-electron chi connectivity index (χ2n) is 4.00. The minimum Gasteiger partial charge on any atom is -0.312 e. The van der Waals surface area contributed by atoms with E-state index in [1.165, 1.54) is 6.07 Å². The third-order valence-electron chi connectivity index (χ3n) is 2.50. The first-order valence-corrected chi connectivity index (χ1v) is 5.64. The molecule has 0 spiro atoms. The topological polar surface area (TPSA) is 42.7 Å². The van der Waals surface area contributed by atoms with Crippen molar-refractivity contribution in [2.24, 2.45) is 7.05 Å². The van der Waals surface area contributed by atoms with Crippen LogP contribution in [-0.2, 0) is 20.0 Å². The Hall–Kier alpha value is -1.82. The number of hydrogen-bond donors (Lipinski definition) is 1. The molecule has 0 saturated heterocycles. The number of halogens is 2. The van der Waals surface area contributed by atoms with Gasteiger partial charge >= 0.3 is 0 Å². The van der Waals surface area contributed by atoms with Crippen LogP contribution in [0.4, 0.5) is 8.78 Å². The molecule has 0 unspecified atom stereocenters. The summed E-state index contributed by atoms with van der Waals surface area (Å²) in [6, 6.07) is 3.44. The molecule has 0 fully saturated rings. The monoisotopic (exact) mass is 252 g/mol. The van der Waals surface area contributed by atoms with Crippen LogP contribution in [0, 0.1) is 11.6 Å². The van der Waals surface area contributed by atoms with E-state index in [9.17, 15) is 8.78 Å². The van der Waals surface area contributed by atoms with Gasteiger partial charge in [-0.1, -0.05) is 0 Å². The number of aryl methyl sites for hydroxylation is 1. The van der Waals surface area contributed by atoms with E-state index < -0.39 is 11.6 Å². The number of nitrogens with zero attached hydrogens (tertiary/aromatic N) is 3. The SMILES string of the molecule is Cn1cnc(CCNCc2cc(F)ccc2F)n1. The lowest BCUT2D eigenvalue weighted by molar-refractivity contribution is 0.567. The maximum absolute atomic E-state index is 13.3. The predicted molar refractivity (Wildman–Crippen MR) is 62.8 cm³/mol. The second kappa shape index (κ2) is 5.68. The first-order chi connectivity index (χ1) is 8.65. The summed E-state index contributed by atoms with van der Waals surface area (Å²) in [5.74, 6) is -0.107. The van der Waals surface area contributed by atoms with E-state index in [0.29, 0.717) is 18.5 Å². The zero-order valence-corrected chi connectivity index (χ0v) is 10.0. The Morgan fingerprint density at radius 2 is 2.17 bits per heavy atom.